The van der Waals surface area contributed by atoms with E-state index in [-0.39, 0.29) is 23.6 Å². The number of nitrogens with two attached hydrogens (primary N) is 1. The summed E-state index contributed by atoms with van der Waals surface area (Å²) in [5.74, 6) is 1.15. The molecule has 7 nitrogen and oxygen atoms in total. The summed E-state index contributed by atoms with van der Waals surface area (Å²) >= 11 is 1.37. The summed E-state index contributed by atoms with van der Waals surface area (Å²) in [7, 11) is 1.58. The van der Waals surface area contributed by atoms with Gasteiger partial charge in [0.2, 0.25) is 17.8 Å². The maximum absolute atomic E-state index is 12.9. The zero-order chi connectivity index (χ0) is 15.9. The molecule has 9 heteroatoms. The van der Waals surface area contributed by atoms with Crippen molar-refractivity contribution in [1.82, 2.24) is 20.3 Å². The second-order valence-corrected chi connectivity index (χ2v) is 5.22. The Kier molecular flexibility index (Phi) is 5.48. The third-order valence-electron chi connectivity index (χ3n) is 2.54. The first-order valence-corrected chi connectivity index (χ1v) is 7.53. The lowest BCUT2D eigenvalue weighted by Gasteiger charge is -2.07. The first-order valence-electron chi connectivity index (χ1n) is 6.38. The van der Waals surface area contributed by atoms with Crippen molar-refractivity contribution in [2.45, 2.75) is 5.75 Å². The van der Waals surface area contributed by atoms with Crippen LogP contribution in [-0.2, 0) is 10.5 Å². The molecule has 1 heterocycles. The second-order valence-electron chi connectivity index (χ2n) is 4.23. The molecule has 0 saturated carbocycles. The maximum atomic E-state index is 12.9. The van der Waals surface area contributed by atoms with Crippen molar-refractivity contribution in [3.05, 3.63) is 35.9 Å². The number of carbonyl (C=O) groups is 1. The summed E-state index contributed by atoms with van der Waals surface area (Å²) in [5, 5.41) is 5.46. The van der Waals surface area contributed by atoms with E-state index in [1.165, 1.54) is 23.9 Å². The van der Waals surface area contributed by atoms with Crippen molar-refractivity contribution in [3.63, 3.8) is 0 Å². The molecule has 0 atom stereocenters. The summed E-state index contributed by atoms with van der Waals surface area (Å²) in [6.45, 7) is 0. The maximum Gasteiger partial charge on any atom is 0.232 e. The summed E-state index contributed by atoms with van der Waals surface area (Å²) in [5.41, 5.74) is 6.28. The van der Waals surface area contributed by atoms with Crippen LogP contribution in [0, 0.1) is 5.82 Å². The number of hydrogen-bond acceptors (Lipinski definition) is 7. The molecule has 0 fully saturated rings. The van der Waals surface area contributed by atoms with Crippen molar-refractivity contribution < 1.29 is 9.18 Å². The summed E-state index contributed by atoms with van der Waals surface area (Å²) in [6, 6.07) is 5.78. The second kappa shape index (κ2) is 7.55. The van der Waals surface area contributed by atoms with Crippen molar-refractivity contribution >= 4 is 35.3 Å². The van der Waals surface area contributed by atoms with Gasteiger partial charge in [-0.1, -0.05) is 0 Å². The van der Waals surface area contributed by atoms with Gasteiger partial charge in [0.15, 0.2) is 0 Å². The van der Waals surface area contributed by atoms with Gasteiger partial charge in [0.1, 0.15) is 11.6 Å². The van der Waals surface area contributed by atoms with E-state index >= 15 is 0 Å². The number of halogens is 1. The van der Waals surface area contributed by atoms with Crippen LogP contribution in [0.5, 0.6) is 0 Å². The van der Waals surface area contributed by atoms with Gasteiger partial charge in [-0.15, -0.1) is 11.8 Å². The lowest BCUT2D eigenvalue weighted by molar-refractivity contribution is -0.118. The Morgan fingerprint density at radius 1 is 1.27 bits per heavy atom. The largest absolute Gasteiger partial charge is 0.368 e. The monoisotopic (exact) mass is 322 g/mol. The highest BCUT2D eigenvalue weighted by Crippen LogP contribution is 2.16. The normalized spacial score (nSPS) is 10.3. The first kappa shape index (κ1) is 16.0. The summed E-state index contributed by atoms with van der Waals surface area (Å²) in [4.78, 5) is 23.4. The van der Waals surface area contributed by atoms with E-state index in [0.29, 0.717) is 23.0 Å². The van der Waals surface area contributed by atoms with Crippen molar-refractivity contribution in [2.75, 3.05) is 23.9 Å². The number of nitrogens with zero attached hydrogens (tertiary/aromatic N) is 3. The highest BCUT2D eigenvalue weighted by molar-refractivity contribution is 7.99. The first-order chi connectivity index (χ1) is 10.6. The summed E-state index contributed by atoms with van der Waals surface area (Å²) < 4.78 is 12.9. The van der Waals surface area contributed by atoms with Crippen LogP contribution in [0.4, 0.5) is 22.0 Å². The molecule has 1 amide bonds. The van der Waals surface area contributed by atoms with Gasteiger partial charge in [0.25, 0.3) is 0 Å². The Morgan fingerprint density at radius 2 is 2.00 bits per heavy atom. The van der Waals surface area contributed by atoms with E-state index in [1.54, 1.807) is 19.2 Å². The molecule has 22 heavy (non-hydrogen) atoms. The fourth-order valence-electron chi connectivity index (χ4n) is 1.53. The molecule has 0 bridgehead atoms. The number of carbonyl (C=O) groups excluding carboxylic acids is 1. The predicted molar refractivity (Wildman–Crippen MR) is 84.2 cm³/mol. The molecule has 0 unspecified atom stereocenters. The third kappa shape index (κ3) is 4.85. The van der Waals surface area contributed by atoms with Crippen LogP contribution in [0.3, 0.4) is 0 Å². The van der Waals surface area contributed by atoms with E-state index in [9.17, 15) is 9.18 Å². The minimum absolute atomic E-state index is 0.0725. The third-order valence-corrected chi connectivity index (χ3v) is 3.47. The van der Waals surface area contributed by atoms with Crippen molar-refractivity contribution in [3.8, 4) is 0 Å². The Labute approximate surface area is 130 Å². The zero-order valence-corrected chi connectivity index (χ0v) is 12.7. The van der Waals surface area contributed by atoms with Crippen LogP contribution in [0.25, 0.3) is 0 Å². The highest BCUT2D eigenvalue weighted by atomic mass is 32.2. The number of nitrogens with one attached hydrogen (secondary N) is 2. The van der Waals surface area contributed by atoms with Gasteiger partial charge < -0.3 is 16.4 Å². The molecule has 2 rings (SSSR count). The molecule has 1 aromatic heterocycles. The quantitative estimate of drug-likeness (QED) is 0.736. The molecule has 0 aliphatic heterocycles. The Morgan fingerprint density at radius 3 is 2.68 bits per heavy atom. The average molecular weight is 322 g/mol. The lowest BCUT2D eigenvalue weighted by atomic mass is 10.3. The molecule has 0 aliphatic carbocycles. The van der Waals surface area contributed by atoms with E-state index in [1.807, 2.05) is 0 Å². The molecule has 0 spiro atoms. The molecular formula is C13H15FN6OS. The Hall–Kier alpha value is -2.42. The van der Waals surface area contributed by atoms with Gasteiger partial charge in [-0.25, -0.2) is 4.39 Å². The van der Waals surface area contributed by atoms with Crippen LogP contribution >= 0.6 is 11.8 Å². The number of amides is 1. The van der Waals surface area contributed by atoms with Crippen molar-refractivity contribution in [1.29, 1.82) is 0 Å². The molecule has 1 aromatic carbocycles. The number of anilines is 3. The molecule has 4 N–H and O–H groups in total. The van der Waals surface area contributed by atoms with E-state index < -0.39 is 0 Å². The Bertz CT molecular complexity index is 651. The molecule has 0 radical (unpaired) electrons. The Balaban J connectivity index is 2.03. The van der Waals surface area contributed by atoms with Crippen LogP contribution in [-0.4, -0.2) is 33.7 Å². The van der Waals surface area contributed by atoms with Gasteiger partial charge in [-0.2, -0.15) is 15.0 Å². The molecule has 0 aliphatic rings. The molecule has 116 valence electrons. The number of benzene rings is 1. The zero-order valence-electron chi connectivity index (χ0n) is 11.8. The lowest BCUT2D eigenvalue weighted by Crippen LogP contribution is -2.20. The minimum Gasteiger partial charge on any atom is -0.368 e. The smallest absolute Gasteiger partial charge is 0.232 e. The van der Waals surface area contributed by atoms with E-state index in [4.69, 9.17) is 5.73 Å². The highest BCUT2D eigenvalue weighted by Gasteiger charge is 2.07. The fraction of sp³-hybridized carbons (Fsp3) is 0.231. The SMILES string of the molecule is CNC(=O)CSCc1nc(N)nc(Nc2ccc(F)cc2)n1. The molecule has 2 aromatic rings. The number of aromatic nitrogens is 3. The fourth-order valence-corrected chi connectivity index (χ4v) is 2.27. The average Bonchev–Trinajstić information content (AvgIpc) is 2.49. The molecule has 0 saturated heterocycles. The number of nitrogen functional groups attached to an aromatic ring is 1. The molecular weight excluding hydrogens is 307 g/mol. The number of rotatable bonds is 6. The van der Waals surface area contributed by atoms with Crippen LogP contribution in [0.2, 0.25) is 0 Å². The van der Waals surface area contributed by atoms with E-state index in [2.05, 4.69) is 25.6 Å². The topological polar surface area (TPSA) is 106 Å². The predicted octanol–water partition coefficient (Wildman–Crippen LogP) is 1.32. The van der Waals surface area contributed by atoms with Gasteiger partial charge in [0, 0.05) is 12.7 Å². The van der Waals surface area contributed by atoms with Gasteiger partial charge in [-0.05, 0) is 24.3 Å². The van der Waals surface area contributed by atoms with Gasteiger partial charge >= 0.3 is 0 Å². The van der Waals surface area contributed by atoms with Crippen molar-refractivity contribution in [2.24, 2.45) is 0 Å². The van der Waals surface area contributed by atoms with Crippen LogP contribution in [0.1, 0.15) is 5.82 Å². The van der Waals surface area contributed by atoms with Gasteiger partial charge in [-0.3, -0.25) is 4.79 Å². The minimum atomic E-state index is -0.327. The number of thioether (sulfide) groups is 1. The van der Waals surface area contributed by atoms with Crippen LogP contribution < -0.4 is 16.4 Å². The standard InChI is InChI=1S/C13H15FN6OS/c1-16-11(21)7-22-6-10-18-12(15)20-13(19-10)17-9-4-2-8(14)3-5-9/h2-5H,6-7H2,1H3,(H,16,21)(H3,15,17,18,19,20). The summed E-state index contributed by atoms with van der Waals surface area (Å²) in [6.07, 6.45) is 0. The number of hydrogen-bond donors (Lipinski definition) is 3. The van der Waals surface area contributed by atoms with Crippen LogP contribution in [0.15, 0.2) is 24.3 Å². The van der Waals surface area contributed by atoms with E-state index in [0.717, 1.165) is 0 Å². The van der Waals surface area contributed by atoms with Gasteiger partial charge in [0.05, 0.1) is 11.5 Å².